The molecule has 4 heterocycles. The fourth-order valence-corrected chi connectivity index (χ4v) is 6.04. The van der Waals surface area contributed by atoms with Crippen molar-refractivity contribution in [3.8, 4) is 0 Å². The molecule has 0 radical (unpaired) electrons. The van der Waals surface area contributed by atoms with Crippen LogP contribution in [0.5, 0.6) is 0 Å². The summed E-state index contributed by atoms with van der Waals surface area (Å²) < 4.78 is 0. The zero-order chi connectivity index (χ0) is 18.0. The minimum absolute atomic E-state index is 0.346. The summed E-state index contributed by atoms with van der Waals surface area (Å²) in [6.45, 7) is 2.30. The van der Waals surface area contributed by atoms with Crippen molar-refractivity contribution in [2.75, 3.05) is 13.1 Å². The van der Waals surface area contributed by atoms with Crippen molar-refractivity contribution in [3.63, 3.8) is 0 Å². The van der Waals surface area contributed by atoms with Crippen molar-refractivity contribution in [1.29, 1.82) is 0 Å². The molecule has 0 aliphatic carbocycles. The number of para-hydroxylation sites is 1. The Balaban J connectivity index is 1.51. The molecule has 3 unspecified atom stereocenters. The lowest BCUT2D eigenvalue weighted by Gasteiger charge is -2.35. The molecule has 138 valence electrons. The normalized spacial score (nSPS) is 28.1. The zero-order valence-electron chi connectivity index (χ0n) is 15.4. The Labute approximate surface area is 164 Å². The Kier molecular flexibility index (Phi) is 3.65. The lowest BCUT2D eigenvalue weighted by atomic mass is 9.90. The molecule has 3 atom stereocenters. The second-order valence-electron chi connectivity index (χ2n) is 8.23. The number of hydrogen-bond acceptors (Lipinski definition) is 2. The lowest BCUT2D eigenvalue weighted by molar-refractivity contribution is 0.0977. The lowest BCUT2D eigenvalue weighted by Crippen LogP contribution is -2.38. The molecule has 1 N–H and O–H groups in total. The fraction of sp³-hybridized carbons (Fsp3) is 0.391. The number of rotatable bonds is 1. The van der Waals surface area contributed by atoms with E-state index in [1.54, 1.807) is 5.56 Å². The summed E-state index contributed by atoms with van der Waals surface area (Å²) in [6.07, 6.45) is 5.39. The van der Waals surface area contributed by atoms with Crippen LogP contribution in [0, 0.1) is 0 Å². The number of fused-ring (bicyclic) bond motifs is 7. The number of nitrogens with zero attached hydrogens (tertiary/aromatic N) is 2. The monoisotopic (exact) mass is 377 g/mol. The van der Waals surface area contributed by atoms with Gasteiger partial charge in [0.15, 0.2) is 0 Å². The highest BCUT2D eigenvalue weighted by molar-refractivity contribution is 6.30. The van der Waals surface area contributed by atoms with Crippen molar-refractivity contribution >= 4 is 22.5 Å². The van der Waals surface area contributed by atoms with Crippen LogP contribution in [0.15, 0.2) is 48.5 Å². The van der Waals surface area contributed by atoms with Gasteiger partial charge in [-0.05, 0) is 48.6 Å². The second kappa shape index (κ2) is 6.10. The van der Waals surface area contributed by atoms with E-state index in [4.69, 9.17) is 11.6 Å². The Morgan fingerprint density at radius 1 is 0.963 bits per heavy atom. The molecule has 1 aromatic heterocycles. The molecule has 0 spiro atoms. The summed E-state index contributed by atoms with van der Waals surface area (Å²) >= 11 is 6.36. The average Bonchev–Trinajstić information content (AvgIpc) is 3.23. The first-order valence-electron chi connectivity index (χ1n) is 10.2. The molecule has 3 nitrogen and oxygen atoms in total. The van der Waals surface area contributed by atoms with Gasteiger partial charge in [0, 0.05) is 40.8 Å². The summed E-state index contributed by atoms with van der Waals surface area (Å²) in [6, 6.07) is 18.4. The topological polar surface area (TPSA) is 22.3 Å². The minimum Gasteiger partial charge on any atom is -0.357 e. The van der Waals surface area contributed by atoms with Crippen LogP contribution in [-0.4, -0.2) is 33.9 Å². The summed E-state index contributed by atoms with van der Waals surface area (Å²) in [7, 11) is 0. The summed E-state index contributed by atoms with van der Waals surface area (Å²) in [5, 5.41) is 2.26. The number of halogens is 1. The maximum Gasteiger partial charge on any atom is 0.0896 e. The Bertz CT molecular complexity index is 1010. The Morgan fingerprint density at radius 2 is 1.89 bits per heavy atom. The van der Waals surface area contributed by atoms with E-state index in [-0.39, 0.29) is 0 Å². The van der Waals surface area contributed by atoms with Crippen LogP contribution in [0.4, 0.5) is 0 Å². The maximum absolute atomic E-state index is 6.36. The number of aromatic nitrogens is 1. The Hall–Kier alpha value is -1.81. The number of hydrogen-bond donors (Lipinski definition) is 1. The third-order valence-electron chi connectivity index (χ3n) is 6.85. The molecule has 6 rings (SSSR count). The number of nitrogens with one attached hydrogen (secondary N) is 1. The zero-order valence-corrected chi connectivity index (χ0v) is 16.1. The van der Waals surface area contributed by atoms with Gasteiger partial charge < -0.3 is 4.98 Å². The minimum atomic E-state index is 0.346. The molecule has 0 amide bonds. The predicted molar refractivity (Wildman–Crippen MR) is 110 cm³/mol. The molecule has 2 aromatic carbocycles. The third kappa shape index (κ3) is 2.35. The third-order valence-corrected chi connectivity index (χ3v) is 7.09. The van der Waals surface area contributed by atoms with Gasteiger partial charge in [0.1, 0.15) is 0 Å². The number of aromatic amines is 1. The van der Waals surface area contributed by atoms with Gasteiger partial charge in [-0.3, -0.25) is 9.80 Å². The average molecular weight is 378 g/mol. The second-order valence-corrected chi connectivity index (χ2v) is 8.66. The molecule has 0 saturated carbocycles. The maximum atomic E-state index is 6.36. The molecular formula is C23H24ClN3. The SMILES string of the molecule is Clc1cccc(C2N3CCCCC3C3c4[nH]c5ccccc5c4CCN32)c1. The van der Waals surface area contributed by atoms with Gasteiger partial charge in [0.2, 0.25) is 0 Å². The van der Waals surface area contributed by atoms with E-state index in [0.717, 1.165) is 18.0 Å². The van der Waals surface area contributed by atoms with Crippen LogP contribution >= 0.6 is 11.6 Å². The number of H-pyrrole nitrogens is 1. The van der Waals surface area contributed by atoms with Crippen LogP contribution in [0.3, 0.4) is 0 Å². The van der Waals surface area contributed by atoms with E-state index in [2.05, 4.69) is 57.2 Å². The van der Waals surface area contributed by atoms with Crippen LogP contribution < -0.4 is 0 Å². The van der Waals surface area contributed by atoms with Crippen LogP contribution in [0.2, 0.25) is 5.02 Å². The first-order valence-corrected chi connectivity index (χ1v) is 10.6. The molecule has 3 aromatic rings. The summed E-state index contributed by atoms with van der Waals surface area (Å²) in [5.41, 5.74) is 5.64. The van der Waals surface area contributed by atoms with Crippen molar-refractivity contribution in [1.82, 2.24) is 14.8 Å². The van der Waals surface area contributed by atoms with Gasteiger partial charge >= 0.3 is 0 Å². The smallest absolute Gasteiger partial charge is 0.0896 e. The highest BCUT2D eigenvalue weighted by Gasteiger charge is 2.51. The first kappa shape index (κ1) is 16.2. The molecule has 2 saturated heterocycles. The van der Waals surface area contributed by atoms with E-state index in [1.807, 2.05) is 6.07 Å². The van der Waals surface area contributed by atoms with Crippen molar-refractivity contribution in [2.24, 2.45) is 0 Å². The number of piperidine rings is 1. The fourth-order valence-electron chi connectivity index (χ4n) is 5.84. The van der Waals surface area contributed by atoms with E-state index >= 15 is 0 Å². The molecule has 27 heavy (non-hydrogen) atoms. The summed E-state index contributed by atoms with van der Waals surface area (Å²) in [5.74, 6) is 0. The van der Waals surface area contributed by atoms with Crippen LogP contribution in [0.1, 0.15) is 48.3 Å². The van der Waals surface area contributed by atoms with Crippen LogP contribution in [-0.2, 0) is 6.42 Å². The molecule has 0 bridgehead atoms. The quantitative estimate of drug-likeness (QED) is 0.622. The molecule has 3 aliphatic rings. The van der Waals surface area contributed by atoms with Gasteiger partial charge in [0.25, 0.3) is 0 Å². The molecule has 3 aliphatic heterocycles. The van der Waals surface area contributed by atoms with E-state index in [9.17, 15) is 0 Å². The van der Waals surface area contributed by atoms with Gasteiger partial charge in [-0.25, -0.2) is 0 Å². The first-order chi connectivity index (χ1) is 13.3. The van der Waals surface area contributed by atoms with Gasteiger partial charge in [-0.1, -0.05) is 48.4 Å². The standard InChI is InChI=1S/C23H24ClN3/c24-16-7-5-6-15(14-16)23-26-12-4-3-10-20(26)22-21-18(11-13-27(22)23)17-8-1-2-9-19(17)25-21/h1-2,5-9,14,20,22-23,25H,3-4,10-13H2. The summed E-state index contributed by atoms with van der Waals surface area (Å²) in [4.78, 5) is 9.30. The highest BCUT2D eigenvalue weighted by Crippen LogP contribution is 2.51. The van der Waals surface area contributed by atoms with Crippen LogP contribution in [0.25, 0.3) is 10.9 Å². The largest absolute Gasteiger partial charge is 0.357 e. The van der Waals surface area contributed by atoms with Gasteiger partial charge in [-0.15, -0.1) is 0 Å². The van der Waals surface area contributed by atoms with Gasteiger partial charge in [0.05, 0.1) is 12.2 Å². The number of benzene rings is 2. The molecule has 2 fully saturated rings. The van der Waals surface area contributed by atoms with Crippen molar-refractivity contribution < 1.29 is 0 Å². The van der Waals surface area contributed by atoms with E-state index in [1.165, 1.54) is 48.0 Å². The predicted octanol–water partition coefficient (Wildman–Crippen LogP) is 5.29. The van der Waals surface area contributed by atoms with Crippen molar-refractivity contribution in [2.45, 2.75) is 43.9 Å². The van der Waals surface area contributed by atoms with E-state index in [0.29, 0.717) is 18.2 Å². The molecular weight excluding hydrogens is 354 g/mol. The highest BCUT2D eigenvalue weighted by atomic mass is 35.5. The Morgan fingerprint density at radius 3 is 2.81 bits per heavy atom. The van der Waals surface area contributed by atoms with Gasteiger partial charge in [-0.2, -0.15) is 0 Å². The molecule has 4 heteroatoms. The van der Waals surface area contributed by atoms with E-state index < -0.39 is 0 Å². The van der Waals surface area contributed by atoms with Crippen molar-refractivity contribution in [3.05, 3.63) is 70.4 Å².